The Labute approximate surface area is 115 Å². The molecule has 5 heteroatoms. The van der Waals surface area contributed by atoms with Gasteiger partial charge < -0.3 is 15.2 Å². The molecule has 0 heterocycles. The Morgan fingerprint density at radius 3 is 2.88 bits per heavy atom. The smallest absolute Gasteiger partial charge is 0.251 e. The molecule has 4 nitrogen and oxygen atoms in total. The lowest BCUT2D eigenvalue weighted by Crippen LogP contribution is -2.33. The van der Waals surface area contributed by atoms with E-state index in [2.05, 4.69) is 5.32 Å². The number of hydrogen-bond donors (Lipinski definition) is 2. The first-order valence-corrected chi connectivity index (χ1v) is 6.40. The molecule has 0 saturated heterocycles. The van der Waals surface area contributed by atoms with Gasteiger partial charge in [0.05, 0.1) is 3.57 Å². The topological polar surface area (TPSA) is 58.6 Å². The molecular formula is C12H16INO3. The molecule has 94 valence electrons. The van der Waals surface area contributed by atoms with Gasteiger partial charge >= 0.3 is 0 Å². The lowest BCUT2D eigenvalue weighted by Gasteiger charge is -2.13. The number of carbonyl (C=O) groups is 1. The fourth-order valence-electron chi connectivity index (χ4n) is 1.33. The molecule has 0 fully saturated rings. The van der Waals surface area contributed by atoms with Crippen LogP contribution in [0.2, 0.25) is 0 Å². The SMILES string of the molecule is COCCC(C)NC(=O)c1ccc(I)c(O)c1. The summed E-state index contributed by atoms with van der Waals surface area (Å²) in [6.45, 7) is 2.53. The second-order valence-corrected chi connectivity index (χ2v) is 4.98. The molecule has 0 aliphatic carbocycles. The van der Waals surface area contributed by atoms with Crippen LogP contribution in [0.15, 0.2) is 18.2 Å². The minimum absolute atomic E-state index is 0.0453. The van der Waals surface area contributed by atoms with Crippen molar-refractivity contribution in [2.75, 3.05) is 13.7 Å². The average molecular weight is 349 g/mol. The number of carbonyl (C=O) groups excluding carboxylic acids is 1. The summed E-state index contributed by atoms with van der Waals surface area (Å²) in [5.74, 6) is -0.0527. The van der Waals surface area contributed by atoms with E-state index in [1.54, 1.807) is 19.2 Å². The number of methoxy groups -OCH3 is 1. The third-order valence-electron chi connectivity index (χ3n) is 2.34. The van der Waals surface area contributed by atoms with Crippen LogP contribution in [0.3, 0.4) is 0 Å². The third kappa shape index (κ3) is 4.51. The van der Waals surface area contributed by atoms with Gasteiger partial charge in [-0.1, -0.05) is 0 Å². The summed E-state index contributed by atoms with van der Waals surface area (Å²) in [6, 6.07) is 4.92. The van der Waals surface area contributed by atoms with Crippen molar-refractivity contribution in [1.29, 1.82) is 0 Å². The highest BCUT2D eigenvalue weighted by atomic mass is 127. The Morgan fingerprint density at radius 1 is 1.59 bits per heavy atom. The fourth-order valence-corrected chi connectivity index (χ4v) is 1.66. The molecule has 1 aromatic rings. The maximum Gasteiger partial charge on any atom is 0.251 e. The molecule has 0 aliphatic heterocycles. The zero-order valence-corrected chi connectivity index (χ0v) is 12.0. The van der Waals surface area contributed by atoms with E-state index in [-0.39, 0.29) is 17.7 Å². The fraction of sp³-hybridized carbons (Fsp3) is 0.417. The normalized spacial score (nSPS) is 12.2. The number of nitrogens with one attached hydrogen (secondary N) is 1. The number of ether oxygens (including phenoxy) is 1. The first-order valence-electron chi connectivity index (χ1n) is 5.33. The van der Waals surface area contributed by atoms with E-state index in [9.17, 15) is 9.90 Å². The van der Waals surface area contributed by atoms with E-state index >= 15 is 0 Å². The lowest BCUT2D eigenvalue weighted by atomic mass is 10.1. The Morgan fingerprint density at radius 2 is 2.29 bits per heavy atom. The number of hydrogen-bond acceptors (Lipinski definition) is 3. The second kappa shape index (κ2) is 6.80. The molecule has 1 aromatic carbocycles. The van der Waals surface area contributed by atoms with Gasteiger partial charge in [-0.3, -0.25) is 4.79 Å². The number of phenolic OH excluding ortho intramolecular Hbond substituents is 1. The lowest BCUT2D eigenvalue weighted by molar-refractivity contribution is 0.0929. The van der Waals surface area contributed by atoms with Gasteiger partial charge in [0, 0.05) is 25.3 Å². The average Bonchev–Trinajstić information content (AvgIpc) is 2.30. The summed E-state index contributed by atoms with van der Waals surface area (Å²) in [7, 11) is 1.63. The highest BCUT2D eigenvalue weighted by molar-refractivity contribution is 14.1. The summed E-state index contributed by atoms with van der Waals surface area (Å²) < 4.78 is 5.67. The van der Waals surface area contributed by atoms with Gasteiger partial charge in [-0.05, 0) is 54.1 Å². The maximum absolute atomic E-state index is 11.8. The van der Waals surface area contributed by atoms with Crippen molar-refractivity contribution in [1.82, 2.24) is 5.32 Å². The summed E-state index contributed by atoms with van der Waals surface area (Å²) >= 11 is 2.01. The Hall–Kier alpha value is -0.820. The molecule has 1 atom stereocenters. The van der Waals surface area contributed by atoms with Crippen LogP contribution >= 0.6 is 22.6 Å². The summed E-state index contributed by atoms with van der Waals surface area (Å²) in [5.41, 5.74) is 0.465. The van der Waals surface area contributed by atoms with Crippen LogP contribution in [-0.4, -0.2) is 30.8 Å². The van der Waals surface area contributed by atoms with E-state index in [1.807, 2.05) is 29.5 Å². The van der Waals surface area contributed by atoms with Crippen molar-refractivity contribution in [3.05, 3.63) is 27.3 Å². The van der Waals surface area contributed by atoms with Gasteiger partial charge in [0.15, 0.2) is 0 Å². The zero-order valence-electron chi connectivity index (χ0n) is 9.87. The molecule has 0 aliphatic rings. The molecule has 0 spiro atoms. The minimum atomic E-state index is -0.180. The summed E-state index contributed by atoms with van der Waals surface area (Å²) in [5, 5.41) is 12.4. The van der Waals surface area contributed by atoms with Crippen LogP contribution in [-0.2, 0) is 4.74 Å². The van der Waals surface area contributed by atoms with E-state index < -0.39 is 0 Å². The Balaban J connectivity index is 2.60. The number of phenols is 1. The van der Waals surface area contributed by atoms with E-state index in [0.717, 1.165) is 9.99 Å². The Kier molecular flexibility index (Phi) is 5.70. The van der Waals surface area contributed by atoms with Crippen molar-refractivity contribution in [2.45, 2.75) is 19.4 Å². The number of rotatable bonds is 5. The molecular weight excluding hydrogens is 333 g/mol. The molecule has 1 rings (SSSR count). The molecule has 0 saturated carbocycles. The van der Waals surface area contributed by atoms with Gasteiger partial charge in [-0.25, -0.2) is 0 Å². The number of benzene rings is 1. The standard InChI is InChI=1S/C12H16INO3/c1-8(5-6-17-2)14-12(16)9-3-4-10(13)11(15)7-9/h3-4,7-8,15H,5-6H2,1-2H3,(H,14,16). The van der Waals surface area contributed by atoms with Crippen LogP contribution in [0.4, 0.5) is 0 Å². The van der Waals surface area contributed by atoms with Gasteiger partial charge in [0.25, 0.3) is 5.91 Å². The summed E-state index contributed by atoms with van der Waals surface area (Å²) in [6.07, 6.45) is 0.762. The van der Waals surface area contributed by atoms with Gasteiger partial charge in [0.2, 0.25) is 0 Å². The number of amides is 1. The van der Waals surface area contributed by atoms with Crippen LogP contribution in [0.25, 0.3) is 0 Å². The summed E-state index contributed by atoms with van der Waals surface area (Å²) in [4.78, 5) is 11.8. The predicted octanol–water partition coefficient (Wildman–Crippen LogP) is 2.15. The molecule has 1 unspecified atom stereocenters. The van der Waals surface area contributed by atoms with E-state index in [0.29, 0.717) is 12.2 Å². The van der Waals surface area contributed by atoms with Crippen molar-refractivity contribution in [2.24, 2.45) is 0 Å². The highest BCUT2D eigenvalue weighted by Gasteiger charge is 2.11. The molecule has 0 aromatic heterocycles. The number of halogens is 1. The Bertz CT molecular complexity index is 395. The van der Waals surface area contributed by atoms with Crippen LogP contribution in [0, 0.1) is 3.57 Å². The molecule has 1 amide bonds. The maximum atomic E-state index is 11.8. The minimum Gasteiger partial charge on any atom is -0.507 e. The third-order valence-corrected chi connectivity index (χ3v) is 3.25. The van der Waals surface area contributed by atoms with Gasteiger partial charge in [-0.2, -0.15) is 0 Å². The quantitative estimate of drug-likeness (QED) is 0.801. The molecule has 2 N–H and O–H groups in total. The van der Waals surface area contributed by atoms with Crippen LogP contribution in [0.5, 0.6) is 5.75 Å². The number of aromatic hydroxyl groups is 1. The van der Waals surface area contributed by atoms with Crippen LogP contribution in [0.1, 0.15) is 23.7 Å². The largest absolute Gasteiger partial charge is 0.507 e. The van der Waals surface area contributed by atoms with Crippen molar-refractivity contribution in [3.8, 4) is 5.75 Å². The molecule has 0 bridgehead atoms. The van der Waals surface area contributed by atoms with Crippen molar-refractivity contribution in [3.63, 3.8) is 0 Å². The van der Waals surface area contributed by atoms with E-state index in [1.165, 1.54) is 6.07 Å². The van der Waals surface area contributed by atoms with E-state index in [4.69, 9.17) is 4.74 Å². The van der Waals surface area contributed by atoms with Gasteiger partial charge in [0.1, 0.15) is 5.75 Å². The van der Waals surface area contributed by atoms with Crippen molar-refractivity contribution < 1.29 is 14.6 Å². The van der Waals surface area contributed by atoms with Crippen LogP contribution < -0.4 is 5.32 Å². The second-order valence-electron chi connectivity index (χ2n) is 3.82. The first kappa shape index (κ1) is 14.2. The van der Waals surface area contributed by atoms with Gasteiger partial charge in [-0.15, -0.1) is 0 Å². The molecule has 0 radical (unpaired) electrons. The zero-order chi connectivity index (χ0) is 12.8. The predicted molar refractivity (Wildman–Crippen MR) is 74.2 cm³/mol. The first-order chi connectivity index (χ1) is 8.04. The monoisotopic (exact) mass is 349 g/mol. The highest BCUT2D eigenvalue weighted by Crippen LogP contribution is 2.20. The molecule has 17 heavy (non-hydrogen) atoms. The van der Waals surface area contributed by atoms with Crippen molar-refractivity contribution >= 4 is 28.5 Å².